The minimum atomic E-state index is 0.604. The van der Waals surface area contributed by atoms with Gasteiger partial charge in [-0.05, 0) is 303 Å². The van der Waals surface area contributed by atoms with Gasteiger partial charge in [0.15, 0.2) is 17.5 Å². The molecule has 0 unspecified atom stereocenters. The molecule has 0 amide bonds. The van der Waals surface area contributed by atoms with Gasteiger partial charge in [0.2, 0.25) is 0 Å². The number of aldehydes is 2. The molecule has 17 nitrogen and oxygen atoms in total. The average Bonchev–Trinajstić information content (AvgIpc) is 1.55. The van der Waals surface area contributed by atoms with Crippen LogP contribution in [0, 0.1) is 20.8 Å². The predicted molar refractivity (Wildman–Crippen MR) is 581 cm³/mol. The number of benzene rings is 15. The number of nitrogens with two attached hydrogens (primary N) is 8. The molecular formula is C122H99N15O2. The van der Waals surface area contributed by atoms with E-state index in [1.807, 2.05) is 249 Å². The van der Waals surface area contributed by atoms with Crippen LogP contribution >= 0.6 is 0 Å². The van der Waals surface area contributed by atoms with Crippen molar-refractivity contribution in [3.63, 3.8) is 0 Å². The molecule has 0 radical (unpaired) electrons. The lowest BCUT2D eigenvalue weighted by atomic mass is 9.85. The fourth-order valence-corrected chi connectivity index (χ4v) is 16.8. The molecule has 4 aromatic heterocycles. The fourth-order valence-electron chi connectivity index (χ4n) is 16.8. The van der Waals surface area contributed by atoms with Crippen LogP contribution in [0.5, 0.6) is 0 Å². The molecular weight excluding hydrogens is 1710 g/mol. The smallest absolute Gasteiger partial charge is 0.164 e. The number of fused-ring (bicyclic) bond motifs is 8. The molecule has 21 rings (SSSR count). The van der Waals surface area contributed by atoms with Crippen LogP contribution in [0.25, 0.3) is 176 Å². The molecule has 17 heteroatoms. The summed E-state index contributed by atoms with van der Waals surface area (Å²) < 4.78 is 0. The van der Waals surface area contributed by atoms with Gasteiger partial charge in [-0.25, -0.2) is 24.9 Å². The highest BCUT2D eigenvalue weighted by atomic mass is 16.1. The first-order chi connectivity index (χ1) is 67.7. The number of carbonyl (C=O) groups excluding carboxylic acids is 2. The molecule has 0 atom stereocenters. The quantitative estimate of drug-likeness (QED) is 0.0230. The van der Waals surface area contributed by atoms with E-state index >= 15 is 0 Å². The Morgan fingerprint density at radius 1 is 0.223 bits per heavy atom. The Hall–Kier alpha value is -18.9. The number of aryl methyl sites for hydroxylation is 3. The van der Waals surface area contributed by atoms with Gasteiger partial charge in [0, 0.05) is 118 Å². The Morgan fingerprint density at radius 2 is 0.417 bits per heavy atom. The normalized spacial score (nSPS) is 11.1. The number of carbonyl (C=O) groups is 2. The van der Waals surface area contributed by atoms with Crippen LogP contribution in [0.2, 0.25) is 0 Å². The zero-order valence-corrected chi connectivity index (χ0v) is 76.8. The molecule has 2 aliphatic rings. The number of aromatic amines is 2. The van der Waals surface area contributed by atoms with Crippen molar-refractivity contribution in [2.75, 3.05) is 45.9 Å². The number of aromatic nitrogens is 7. The third kappa shape index (κ3) is 21.0. The molecule has 6 heterocycles. The lowest BCUT2D eigenvalue weighted by Gasteiger charge is -2.18. The van der Waals surface area contributed by atoms with Crippen LogP contribution < -0.4 is 45.9 Å². The van der Waals surface area contributed by atoms with E-state index in [1.54, 1.807) is 0 Å². The first-order valence-electron chi connectivity index (χ1n) is 45.4. The van der Waals surface area contributed by atoms with Gasteiger partial charge in [0.05, 0.1) is 22.8 Å². The summed E-state index contributed by atoms with van der Waals surface area (Å²) in [6.45, 7) is 10.1. The highest BCUT2D eigenvalue weighted by Crippen LogP contribution is 2.43. The lowest BCUT2D eigenvalue weighted by Crippen LogP contribution is -2.00. The van der Waals surface area contributed by atoms with Crippen LogP contribution in [-0.4, -0.2) is 47.5 Å². The first-order valence-corrected chi connectivity index (χ1v) is 45.4. The summed E-state index contributed by atoms with van der Waals surface area (Å²) in [5.41, 5.74) is 90.4. The molecule has 18 N–H and O–H groups in total. The predicted octanol–water partition coefficient (Wildman–Crippen LogP) is 27.4. The van der Waals surface area contributed by atoms with Crippen LogP contribution in [0.4, 0.5) is 45.5 Å². The minimum Gasteiger partial charge on any atom is -0.399 e. The third-order valence-electron chi connectivity index (χ3n) is 24.3. The molecule has 139 heavy (non-hydrogen) atoms. The Kier molecular flexibility index (Phi) is 26.5. The second kappa shape index (κ2) is 40.7. The molecule has 19 aromatic rings. The van der Waals surface area contributed by atoms with Crippen molar-refractivity contribution in [1.82, 2.24) is 34.9 Å². The molecule has 2 aliphatic heterocycles. The number of nitrogen functional groups attached to an aromatic ring is 8. The van der Waals surface area contributed by atoms with Crippen molar-refractivity contribution in [1.29, 1.82) is 0 Å². The van der Waals surface area contributed by atoms with E-state index in [9.17, 15) is 9.59 Å². The van der Waals surface area contributed by atoms with Crippen molar-refractivity contribution in [2.24, 2.45) is 0 Å². The molecule has 0 fully saturated rings. The van der Waals surface area contributed by atoms with E-state index in [0.717, 1.165) is 208 Å². The summed E-state index contributed by atoms with van der Waals surface area (Å²) in [5, 5.41) is 0. The summed E-state index contributed by atoms with van der Waals surface area (Å²) in [5.74, 6) is 1.84. The number of nitrogens with one attached hydrogen (secondary N) is 2. The van der Waals surface area contributed by atoms with Crippen LogP contribution in [0.1, 0.15) is 88.0 Å². The Morgan fingerprint density at radius 3 is 0.655 bits per heavy atom. The summed E-state index contributed by atoms with van der Waals surface area (Å²) in [6.07, 6.45) is 11.9. The van der Waals surface area contributed by atoms with Crippen molar-refractivity contribution in [2.45, 2.75) is 20.8 Å². The molecule has 8 bridgehead atoms. The van der Waals surface area contributed by atoms with Crippen molar-refractivity contribution >= 4 is 122 Å². The van der Waals surface area contributed by atoms with E-state index in [0.29, 0.717) is 57.0 Å². The number of nitrogens with zero attached hydrogens (tertiary/aromatic N) is 5. The highest BCUT2D eigenvalue weighted by Gasteiger charge is 2.23. The third-order valence-corrected chi connectivity index (χ3v) is 24.3. The second-order valence-electron chi connectivity index (χ2n) is 34.2. The molecule has 0 spiro atoms. The van der Waals surface area contributed by atoms with Crippen molar-refractivity contribution in [3.05, 3.63) is 467 Å². The largest absolute Gasteiger partial charge is 0.399 e. The summed E-state index contributed by atoms with van der Waals surface area (Å²) >= 11 is 0. The number of hydrogen-bond acceptors (Lipinski definition) is 15. The summed E-state index contributed by atoms with van der Waals surface area (Å²) in [6, 6.07) is 126. The van der Waals surface area contributed by atoms with E-state index in [1.165, 1.54) is 16.7 Å². The van der Waals surface area contributed by atoms with Crippen LogP contribution in [0.15, 0.2) is 389 Å². The van der Waals surface area contributed by atoms with Gasteiger partial charge >= 0.3 is 0 Å². The SMILES string of the molecule is C=Cc1ccc(-c2cc(-c3ccc(C=O)cc3)cc(-c3ccc(C=O)cc3)c2)cc1.Cc1ccc(-c2c3nc(c(-c4ccc(N)cc4)c4ccc([nH]4)c(-c4ccc(N)cc4)c4nc(c(-c5ccc(N)cc5)c5ccc2[nH]5)C=C4)C=C3)cc1.Cc1ccc(-c2nc(-c3ccc(N)cc3)nc(-c3ccc(N)cc3)n2)cc1.Cc1ccc(C(=C(c2ccc(N)cc2)c2ccc(N)cc2)c2ccc(N)cc2)cc1. The maximum absolute atomic E-state index is 11.0. The van der Waals surface area contributed by atoms with Crippen LogP contribution in [-0.2, 0) is 0 Å². The zero-order chi connectivity index (χ0) is 96.2. The Balaban J connectivity index is 0.000000128. The monoisotopic (exact) mass is 1810 g/mol. The van der Waals surface area contributed by atoms with E-state index in [-0.39, 0.29) is 0 Å². The van der Waals surface area contributed by atoms with E-state index in [4.69, 9.17) is 55.8 Å². The molecule has 0 saturated heterocycles. The molecule has 0 aliphatic carbocycles. The zero-order valence-electron chi connectivity index (χ0n) is 76.8. The average molecular weight is 1810 g/mol. The molecule has 0 saturated carbocycles. The van der Waals surface area contributed by atoms with E-state index < -0.39 is 0 Å². The molecule has 15 aromatic carbocycles. The van der Waals surface area contributed by atoms with Gasteiger partial charge in [-0.1, -0.05) is 248 Å². The summed E-state index contributed by atoms with van der Waals surface area (Å²) in [7, 11) is 0. The van der Waals surface area contributed by atoms with E-state index in [2.05, 4.69) is 216 Å². The van der Waals surface area contributed by atoms with Gasteiger partial charge < -0.3 is 55.8 Å². The van der Waals surface area contributed by atoms with Crippen molar-refractivity contribution in [3.8, 4) is 112 Å². The fraction of sp³-hybridized carbons (Fsp3) is 0.0246. The van der Waals surface area contributed by atoms with Gasteiger partial charge in [-0.2, -0.15) is 0 Å². The Labute approximate surface area is 806 Å². The number of anilines is 8. The number of rotatable bonds is 17. The van der Waals surface area contributed by atoms with Gasteiger partial charge in [-0.15, -0.1) is 0 Å². The highest BCUT2D eigenvalue weighted by molar-refractivity contribution is 6.06. The second-order valence-corrected chi connectivity index (χ2v) is 34.2. The van der Waals surface area contributed by atoms with Gasteiger partial charge in [0.25, 0.3) is 0 Å². The first kappa shape index (κ1) is 90.7. The maximum atomic E-state index is 11.0. The Bertz CT molecular complexity index is 7130. The van der Waals surface area contributed by atoms with Gasteiger partial charge in [-0.3, -0.25) is 9.59 Å². The lowest BCUT2D eigenvalue weighted by molar-refractivity contribution is 0.111. The maximum Gasteiger partial charge on any atom is 0.164 e. The number of H-pyrrole nitrogens is 2. The minimum absolute atomic E-state index is 0.604. The summed E-state index contributed by atoms with van der Waals surface area (Å²) in [4.78, 5) is 54.3. The topological polar surface area (TPSA) is 338 Å². The molecule has 674 valence electrons. The van der Waals surface area contributed by atoms with Gasteiger partial charge in [0.1, 0.15) is 12.6 Å². The standard InChI is InChI=1S/C45H35N7.C28H20O2.C27H25N3.C22H19N5/c1-26-2-4-27(5-3-26)42-34-18-20-36(49-34)43(28-6-12-31(46)13-7-28)38-22-24-40(51-38)45(30-10-16-33(48)17-11-30)41-25-23-39(52-41)44(37-21-19-35(42)50-37)29-8-14-32(47)15-9-29;1-2-20-3-9-23(10-4-20)26-15-27(24-11-5-21(18-29)6-12-24)17-28(16-26)25-13-7-22(19-30)8-14-25;1-18-2-4-19(5-3-18)26(20-6-12-23(28)13-7-20)27(21-8-14-24(29)15-9-21)22-10-16-25(30)17-11-22;1-14-2-4-15(5-3-14)20-25-21(16-6-10-18(23)11-7-16)27-22(26-20)17-8-12-19(24)13-9-17/h2-25,49,52H,46-48H2,1H3;2-19H,1H2;2-17H,28-30H2,1H3;2-13H,23-24H2,1H3. The number of hydrogen-bond donors (Lipinski definition) is 10. The van der Waals surface area contributed by atoms with Crippen molar-refractivity contribution < 1.29 is 9.59 Å². The van der Waals surface area contributed by atoms with Crippen LogP contribution in [0.3, 0.4) is 0 Å².